The van der Waals surface area contributed by atoms with E-state index in [1.807, 2.05) is 73.7 Å². The predicted molar refractivity (Wildman–Crippen MR) is 128 cm³/mol. The average Bonchev–Trinajstić information content (AvgIpc) is 3.14. The summed E-state index contributed by atoms with van der Waals surface area (Å²) in [6.07, 6.45) is 1.66. The van der Waals surface area contributed by atoms with Crippen molar-refractivity contribution >= 4 is 45.5 Å². The number of hydrogen-bond donors (Lipinski definition) is 0. The van der Waals surface area contributed by atoms with Crippen LogP contribution in [0.15, 0.2) is 81.9 Å². The molecule has 0 spiro atoms. The minimum absolute atomic E-state index is 0.220. The zero-order chi connectivity index (χ0) is 22.5. The number of halogens is 2. The number of ether oxygens (including phenoxy) is 3. The molecular weight excluding hydrogens is 494 g/mol. The van der Waals surface area contributed by atoms with E-state index in [0.29, 0.717) is 29.7 Å². The lowest BCUT2D eigenvalue weighted by Crippen LogP contribution is -2.05. The van der Waals surface area contributed by atoms with Crippen LogP contribution in [0.3, 0.4) is 0 Å². The molecule has 0 atom stereocenters. The summed E-state index contributed by atoms with van der Waals surface area (Å²) in [4.78, 5) is 16.7. The molecular formula is C25H19BrClNO4. The van der Waals surface area contributed by atoms with E-state index < -0.39 is 5.97 Å². The Morgan fingerprint density at radius 1 is 1.03 bits per heavy atom. The topological polar surface area (TPSA) is 57.1 Å². The van der Waals surface area contributed by atoms with Gasteiger partial charge >= 0.3 is 5.97 Å². The molecule has 1 heterocycles. The first kappa shape index (κ1) is 22.1. The molecule has 1 aliphatic rings. The largest absolute Gasteiger partial charge is 0.490 e. The first-order valence-electron chi connectivity index (χ1n) is 9.94. The number of cyclic esters (lactones) is 1. The smallest absolute Gasteiger partial charge is 0.363 e. The molecule has 5 nitrogen and oxygen atoms in total. The van der Waals surface area contributed by atoms with E-state index in [1.165, 1.54) is 0 Å². The van der Waals surface area contributed by atoms with Gasteiger partial charge in [0.1, 0.15) is 6.61 Å². The summed E-state index contributed by atoms with van der Waals surface area (Å²) < 4.78 is 17.9. The summed E-state index contributed by atoms with van der Waals surface area (Å²) in [6.45, 7) is 2.73. The summed E-state index contributed by atoms with van der Waals surface area (Å²) in [7, 11) is 0. The monoisotopic (exact) mass is 511 g/mol. The molecule has 1 aliphatic heterocycles. The molecule has 4 rings (SSSR count). The molecule has 0 N–H and O–H groups in total. The maximum absolute atomic E-state index is 12.3. The van der Waals surface area contributed by atoms with Crippen molar-refractivity contribution in [2.75, 3.05) is 6.61 Å². The Kier molecular flexibility index (Phi) is 6.93. The Labute approximate surface area is 199 Å². The number of hydrogen-bond acceptors (Lipinski definition) is 5. The minimum atomic E-state index is -0.498. The van der Waals surface area contributed by atoms with Gasteiger partial charge in [-0.3, -0.25) is 0 Å². The van der Waals surface area contributed by atoms with Crippen LogP contribution in [0.25, 0.3) is 6.08 Å². The highest BCUT2D eigenvalue weighted by atomic mass is 79.9. The SMILES string of the molecule is CCOc1cc(/C=C2\N=C(c3ccc(Br)cc3)OC2=O)ccc1OCc1cccc(Cl)c1. The second-order valence-electron chi connectivity index (χ2n) is 6.90. The molecule has 0 bridgehead atoms. The lowest BCUT2D eigenvalue weighted by molar-refractivity contribution is -0.129. The summed E-state index contributed by atoms with van der Waals surface area (Å²) in [6, 6.07) is 20.3. The molecule has 0 aliphatic carbocycles. The van der Waals surface area contributed by atoms with E-state index in [4.69, 9.17) is 25.8 Å². The Morgan fingerprint density at radius 3 is 2.59 bits per heavy atom. The van der Waals surface area contributed by atoms with Crippen LogP contribution in [-0.2, 0) is 16.1 Å². The number of carbonyl (C=O) groups excluding carboxylic acids is 1. The van der Waals surface area contributed by atoms with E-state index in [1.54, 1.807) is 6.08 Å². The predicted octanol–water partition coefficient (Wildman–Crippen LogP) is 6.42. The zero-order valence-corrected chi connectivity index (χ0v) is 19.5. The van der Waals surface area contributed by atoms with Gasteiger partial charge in [-0.1, -0.05) is 45.7 Å². The third-order valence-electron chi connectivity index (χ3n) is 4.57. The maximum atomic E-state index is 12.3. The van der Waals surface area contributed by atoms with Gasteiger partial charge in [-0.15, -0.1) is 0 Å². The highest BCUT2D eigenvalue weighted by Gasteiger charge is 2.24. The van der Waals surface area contributed by atoms with Gasteiger partial charge < -0.3 is 14.2 Å². The van der Waals surface area contributed by atoms with Crippen molar-refractivity contribution in [1.82, 2.24) is 0 Å². The Morgan fingerprint density at radius 2 is 1.84 bits per heavy atom. The zero-order valence-electron chi connectivity index (χ0n) is 17.2. The molecule has 3 aromatic rings. The third-order valence-corrected chi connectivity index (χ3v) is 5.33. The second kappa shape index (κ2) is 10.0. The Hall–Kier alpha value is -3.09. The molecule has 162 valence electrons. The molecule has 3 aromatic carbocycles. The van der Waals surface area contributed by atoms with E-state index in [0.717, 1.165) is 21.2 Å². The standard InChI is InChI=1S/C25H19BrClNO4/c1-2-30-23-14-16(6-11-22(23)31-15-17-4-3-5-20(27)12-17)13-21-25(29)32-24(28-21)18-7-9-19(26)10-8-18/h3-14H,2,15H2,1H3/b21-13-. The average molecular weight is 513 g/mol. The highest BCUT2D eigenvalue weighted by Crippen LogP contribution is 2.31. The maximum Gasteiger partial charge on any atom is 0.363 e. The number of benzene rings is 3. The number of rotatable bonds is 7. The summed E-state index contributed by atoms with van der Waals surface area (Å²) in [5.74, 6) is 0.955. The summed E-state index contributed by atoms with van der Waals surface area (Å²) in [5, 5.41) is 0.657. The van der Waals surface area contributed by atoms with Crippen molar-refractivity contribution in [2.24, 2.45) is 4.99 Å². The van der Waals surface area contributed by atoms with E-state index in [-0.39, 0.29) is 11.6 Å². The third kappa shape index (κ3) is 5.39. The van der Waals surface area contributed by atoms with Gasteiger partial charge in [0, 0.05) is 15.1 Å². The van der Waals surface area contributed by atoms with Crippen molar-refractivity contribution < 1.29 is 19.0 Å². The fraction of sp³-hybridized carbons (Fsp3) is 0.120. The number of aliphatic imine (C=N–C) groups is 1. The first-order chi connectivity index (χ1) is 15.5. The Balaban J connectivity index is 1.55. The van der Waals surface area contributed by atoms with Gasteiger partial charge in [0.05, 0.1) is 6.61 Å². The number of carbonyl (C=O) groups is 1. The molecule has 0 saturated heterocycles. The van der Waals surface area contributed by atoms with E-state index in [9.17, 15) is 4.79 Å². The van der Waals surface area contributed by atoms with Crippen molar-refractivity contribution in [3.05, 3.63) is 98.6 Å². The quantitative estimate of drug-likeness (QED) is 0.271. The fourth-order valence-electron chi connectivity index (χ4n) is 3.07. The summed E-state index contributed by atoms with van der Waals surface area (Å²) >= 11 is 9.43. The van der Waals surface area contributed by atoms with Crippen molar-refractivity contribution in [2.45, 2.75) is 13.5 Å². The molecule has 0 unspecified atom stereocenters. The molecule has 0 aromatic heterocycles. The van der Waals surface area contributed by atoms with Gasteiger partial charge in [-0.25, -0.2) is 9.79 Å². The van der Waals surface area contributed by atoms with Gasteiger partial charge in [-0.05, 0) is 72.7 Å². The van der Waals surface area contributed by atoms with Crippen LogP contribution >= 0.6 is 27.5 Å². The molecule has 7 heteroatoms. The first-order valence-corrected chi connectivity index (χ1v) is 11.1. The molecule has 0 amide bonds. The van der Waals surface area contributed by atoms with Crippen molar-refractivity contribution in [3.8, 4) is 11.5 Å². The minimum Gasteiger partial charge on any atom is -0.490 e. The summed E-state index contributed by atoms with van der Waals surface area (Å²) in [5.41, 5.74) is 2.65. The van der Waals surface area contributed by atoms with Crippen LogP contribution in [0.1, 0.15) is 23.6 Å². The fourth-order valence-corrected chi connectivity index (χ4v) is 3.55. The number of esters is 1. The number of nitrogens with zero attached hydrogens (tertiary/aromatic N) is 1. The highest BCUT2D eigenvalue weighted by molar-refractivity contribution is 9.10. The van der Waals surface area contributed by atoms with Gasteiger partial charge in [0.15, 0.2) is 17.2 Å². The normalized spacial score (nSPS) is 14.3. The lowest BCUT2D eigenvalue weighted by atomic mass is 10.1. The van der Waals surface area contributed by atoms with E-state index in [2.05, 4.69) is 20.9 Å². The van der Waals surface area contributed by atoms with Crippen LogP contribution in [0, 0.1) is 0 Å². The van der Waals surface area contributed by atoms with Crippen LogP contribution in [0.2, 0.25) is 5.02 Å². The second-order valence-corrected chi connectivity index (χ2v) is 8.25. The van der Waals surface area contributed by atoms with Crippen LogP contribution in [0.5, 0.6) is 11.5 Å². The Bertz CT molecular complexity index is 1200. The van der Waals surface area contributed by atoms with Crippen molar-refractivity contribution in [1.29, 1.82) is 0 Å². The van der Waals surface area contributed by atoms with Crippen LogP contribution in [0.4, 0.5) is 0 Å². The molecule has 0 radical (unpaired) electrons. The molecule has 32 heavy (non-hydrogen) atoms. The molecule has 0 saturated carbocycles. The van der Waals surface area contributed by atoms with Crippen LogP contribution in [-0.4, -0.2) is 18.5 Å². The molecule has 0 fully saturated rings. The van der Waals surface area contributed by atoms with Crippen molar-refractivity contribution in [3.63, 3.8) is 0 Å². The van der Waals surface area contributed by atoms with E-state index >= 15 is 0 Å². The van der Waals surface area contributed by atoms with Gasteiger partial charge in [0.25, 0.3) is 0 Å². The van der Waals surface area contributed by atoms with Gasteiger partial charge in [0.2, 0.25) is 5.90 Å². The van der Waals surface area contributed by atoms with Gasteiger partial charge in [-0.2, -0.15) is 0 Å². The van der Waals surface area contributed by atoms with Crippen LogP contribution < -0.4 is 9.47 Å². The lowest BCUT2D eigenvalue weighted by Gasteiger charge is -2.13.